The number of benzene rings is 2. The highest BCUT2D eigenvalue weighted by Crippen LogP contribution is 2.20. The molecule has 49 heavy (non-hydrogen) atoms. The van der Waals surface area contributed by atoms with Crippen LogP contribution in [0.15, 0.2) is 64.7 Å². The topological polar surface area (TPSA) is 315 Å². The fourth-order valence-corrected chi connectivity index (χ4v) is 5.04. The predicted octanol–water partition coefficient (Wildman–Crippen LogP) is -1.37. The van der Waals surface area contributed by atoms with Gasteiger partial charge in [0.25, 0.3) is 0 Å². The summed E-state index contributed by atoms with van der Waals surface area (Å²) < 4.78 is 0. The number of phenolic OH excluding ortho intramolecular Hbond substituents is 1. The summed E-state index contributed by atoms with van der Waals surface area (Å²) in [6.07, 6.45) is 2.63. The van der Waals surface area contributed by atoms with Crippen molar-refractivity contribution in [2.75, 3.05) is 13.1 Å². The van der Waals surface area contributed by atoms with Crippen molar-refractivity contribution in [2.45, 2.75) is 62.7 Å². The number of H-pyrrole nitrogens is 1. The summed E-state index contributed by atoms with van der Waals surface area (Å²) in [5.41, 5.74) is 29.6. The van der Waals surface area contributed by atoms with Crippen LogP contribution in [0, 0.1) is 0 Å². The summed E-state index contributed by atoms with van der Waals surface area (Å²) in [5, 5.41) is 28.3. The van der Waals surface area contributed by atoms with E-state index in [9.17, 15) is 29.4 Å². The van der Waals surface area contributed by atoms with Crippen LogP contribution in [0.2, 0.25) is 0 Å². The molecule has 0 aliphatic heterocycles. The number of carboxylic acids is 1. The Morgan fingerprint density at radius 1 is 0.735 bits per heavy atom. The number of aromatic hydroxyl groups is 1. The third-order valence-corrected chi connectivity index (χ3v) is 7.61. The zero-order chi connectivity index (χ0) is 35.9. The van der Waals surface area contributed by atoms with E-state index in [2.05, 4.69) is 30.9 Å². The minimum absolute atomic E-state index is 0.00311. The Hall–Kier alpha value is -5.84. The van der Waals surface area contributed by atoms with Crippen LogP contribution in [0.3, 0.4) is 0 Å². The molecule has 0 radical (unpaired) electrons. The smallest absolute Gasteiger partial charge is 0.326 e. The molecule has 0 saturated heterocycles. The Bertz CT molecular complexity index is 1630. The summed E-state index contributed by atoms with van der Waals surface area (Å²) in [6.45, 7) is 0.420. The van der Waals surface area contributed by atoms with E-state index >= 15 is 0 Å². The van der Waals surface area contributed by atoms with Crippen LogP contribution in [0.5, 0.6) is 5.75 Å². The van der Waals surface area contributed by atoms with E-state index in [-0.39, 0.29) is 62.9 Å². The van der Waals surface area contributed by atoms with Crippen molar-refractivity contribution in [2.24, 2.45) is 38.7 Å². The van der Waals surface area contributed by atoms with Gasteiger partial charge in [-0.15, -0.1) is 0 Å². The number of para-hydroxylation sites is 1. The molecule has 2 aromatic carbocycles. The van der Waals surface area contributed by atoms with E-state index in [1.165, 1.54) is 12.1 Å². The molecule has 0 bridgehead atoms. The lowest BCUT2D eigenvalue weighted by Gasteiger charge is -2.25. The number of guanidine groups is 2. The first-order valence-corrected chi connectivity index (χ1v) is 15.7. The van der Waals surface area contributed by atoms with Crippen LogP contribution < -0.4 is 44.6 Å². The molecule has 17 nitrogen and oxygen atoms in total. The molecule has 3 rings (SSSR count). The van der Waals surface area contributed by atoms with Crippen molar-refractivity contribution >= 4 is 46.5 Å². The van der Waals surface area contributed by atoms with Gasteiger partial charge in [-0.1, -0.05) is 30.3 Å². The van der Waals surface area contributed by atoms with Crippen molar-refractivity contribution in [1.82, 2.24) is 20.9 Å². The van der Waals surface area contributed by atoms with Gasteiger partial charge in [0.2, 0.25) is 17.7 Å². The van der Waals surface area contributed by atoms with Crippen molar-refractivity contribution in [1.29, 1.82) is 0 Å². The lowest BCUT2D eigenvalue weighted by molar-refractivity contribution is -0.142. The summed E-state index contributed by atoms with van der Waals surface area (Å²) in [4.78, 5) is 63.6. The Morgan fingerprint density at radius 3 is 1.90 bits per heavy atom. The van der Waals surface area contributed by atoms with Gasteiger partial charge in [0, 0.05) is 43.0 Å². The number of fused-ring (bicyclic) bond motifs is 1. The summed E-state index contributed by atoms with van der Waals surface area (Å²) in [6, 6.07) is 8.67. The third kappa shape index (κ3) is 12.4. The number of aromatic amines is 1. The van der Waals surface area contributed by atoms with Crippen LogP contribution in [-0.4, -0.2) is 88.1 Å². The number of aliphatic carboxylic acids is 1. The largest absolute Gasteiger partial charge is 0.508 e. The molecule has 17 heteroatoms. The Kier molecular flexibility index (Phi) is 14.2. The van der Waals surface area contributed by atoms with Gasteiger partial charge in [-0.3, -0.25) is 24.4 Å². The van der Waals surface area contributed by atoms with Gasteiger partial charge in [0.15, 0.2) is 11.9 Å². The number of carbonyl (C=O) groups is 4. The number of amides is 3. The van der Waals surface area contributed by atoms with Crippen LogP contribution in [0.25, 0.3) is 10.9 Å². The highest BCUT2D eigenvalue weighted by atomic mass is 16.4. The number of aromatic nitrogens is 1. The number of rotatable bonds is 19. The lowest BCUT2D eigenvalue weighted by Crippen LogP contribution is -2.58. The number of nitrogens with zero attached hydrogens (tertiary/aromatic N) is 2. The average molecular weight is 680 g/mol. The molecular weight excluding hydrogens is 634 g/mol. The van der Waals surface area contributed by atoms with Gasteiger partial charge in [-0.05, 0) is 55.0 Å². The number of nitrogens with two attached hydrogens (primary N) is 5. The number of aliphatic imine (C=N–C) groups is 2. The molecule has 3 aromatic rings. The Morgan fingerprint density at radius 2 is 1.29 bits per heavy atom. The molecule has 0 spiro atoms. The summed E-state index contributed by atoms with van der Waals surface area (Å²) >= 11 is 0. The second kappa shape index (κ2) is 18.5. The van der Waals surface area contributed by atoms with Crippen LogP contribution in [0.4, 0.5) is 0 Å². The van der Waals surface area contributed by atoms with E-state index in [0.717, 1.165) is 16.5 Å². The van der Waals surface area contributed by atoms with E-state index in [4.69, 9.17) is 28.7 Å². The first kappa shape index (κ1) is 37.6. The van der Waals surface area contributed by atoms with E-state index in [0.29, 0.717) is 12.0 Å². The first-order valence-electron chi connectivity index (χ1n) is 15.7. The second-order valence-electron chi connectivity index (χ2n) is 11.5. The molecule has 0 unspecified atom stereocenters. The number of hydrogen-bond acceptors (Lipinski definition) is 8. The fourth-order valence-electron chi connectivity index (χ4n) is 5.04. The van der Waals surface area contributed by atoms with Gasteiger partial charge in [-0.2, -0.15) is 0 Å². The predicted molar refractivity (Wildman–Crippen MR) is 185 cm³/mol. The number of nitrogens with one attached hydrogen (secondary N) is 4. The standard InChI is InChI=1S/C32H45N11O6/c33-22(6-3-13-38-31(34)35)27(45)42-26(16-19-17-40-23-7-2-1-5-21(19)23)29(47)43-25(15-18-9-11-20(44)12-10-18)28(46)41-24(30(48)49)8-4-14-39-32(36)37/h1-2,5,7,9-12,17,22,24-26,40,44H,3-4,6,8,13-16,33H2,(H,41,46)(H,42,45)(H,43,47)(H,48,49)(H4,34,35,38)(H4,36,37,39)/t22-,24-,25-,26-/m0/s1. The molecule has 1 heterocycles. The van der Waals surface area contributed by atoms with Crippen molar-refractivity contribution in [3.63, 3.8) is 0 Å². The average Bonchev–Trinajstić information content (AvgIpc) is 3.46. The first-order chi connectivity index (χ1) is 23.3. The van der Waals surface area contributed by atoms with Gasteiger partial charge in [0.05, 0.1) is 6.04 Å². The van der Waals surface area contributed by atoms with Crippen molar-refractivity contribution in [3.8, 4) is 5.75 Å². The quantitative estimate of drug-likeness (QED) is 0.0399. The van der Waals surface area contributed by atoms with E-state index < -0.39 is 47.9 Å². The molecule has 1 aromatic heterocycles. The molecule has 0 fully saturated rings. The van der Waals surface area contributed by atoms with Gasteiger partial charge >= 0.3 is 5.97 Å². The van der Waals surface area contributed by atoms with Crippen molar-refractivity contribution in [3.05, 3.63) is 65.9 Å². The van der Waals surface area contributed by atoms with Crippen molar-refractivity contribution < 1.29 is 29.4 Å². The lowest BCUT2D eigenvalue weighted by atomic mass is 10.0. The van der Waals surface area contributed by atoms with E-state index in [1.807, 2.05) is 24.3 Å². The molecule has 264 valence electrons. The van der Waals surface area contributed by atoms with Gasteiger partial charge in [0.1, 0.15) is 23.9 Å². The monoisotopic (exact) mass is 679 g/mol. The zero-order valence-electron chi connectivity index (χ0n) is 27.0. The van der Waals surface area contributed by atoms with E-state index in [1.54, 1.807) is 18.3 Å². The van der Waals surface area contributed by atoms with Crippen LogP contribution in [-0.2, 0) is 32.0 Å². The molecule has 3 amide bonds. The Balaban J connectivity index is 1.85. The minimum atomic E-state index is -1.31. The Labute approximate surface area is 282 Å². The SMILES string of the molecule is NC(N)=NCCC[C@H](NC(=O)[C@H](Cc1ccc(O)cc1)NC(=O)[C@H](Cc1c[nH]c2ccccc12)NC(=O)[C@@H](N)CCCN=C(N)N)C(=O)O. The molecular formula is C32H45N11O6. The summed E-state index contributed by atoms with van der Waals surface area (Å²) in [5.74, 6) is -3.60. The normalized spacial score (nSPS) is 13.3. The minimum Gasteiger partial charge on any atom is -0.508 e. The van der Waals surface area contributed by atoms with Crippen LogP contribution in [0.1, 0.15) is 36.8 Å². The van der Waals surface area contributed by atoms with Gasteiger partial charge in [-0.25, -0.2) is 4.79 Å². The maximum absolute atomic E-state index is 14.0. The maximum atomic E-state index is 14.0. The number of hydrogen-bond donors (Lipinski definition) is 11. The molecule has 0 aliphatic rings. The highest BCUT2D eigenvalue weighted by molar-refractivity contribution is 5.95. The van der Waals surface area contributed by atoms with Crippen LogP contribution >= 0.6 is 0 Å². The molecule has 0 aliphatic carbocycles. The molecule has 4 atom stereocenters. The fraction of sp³-hybridized carbons (Fsp3) is 0.375. The number of phenols is 1. The van der Waals surface area contributed by atoms with Gasteiger partial charge < -0.3 is 59.8 Å². The second-order valence-corrected chi connectivity index (χ2v) is 11.5. The third-order valence-electron chi connectivity index (χ3n) is 7.61. The maximum Gasteiger partial charge on any atom is 0.326 e. The molecule has 0 saturated carbocycles. The zero-order valence-corrected chi connectivity index (χ0v) is 27.0. The number of carboxylic acid groups (broad SMARTS) is 1. The molecule has 16 N–H and O–H groups in total. The number of carbonyl (C=O) groups excluding carboxylic acids is 3. The highest BCUT2D eigenvalue weighted by Gasteiger charge is 2.31. The summed E-state index contributed by atoms with van der Waals surface area (Å²) in [7, 11) is 0.